The van der Waals surface area contributed by atoms with Crippen LogP contribution in [0.15, 0.2) is 17.3 Å². The molecule has 2 fully saturated rings. The van der Waals surface area contributed by atoms with Crippen LogP contribution in [0, 0.1) is 38.5 Å². The van der Waals surface area contributed by atoms with Gasteiger partial charge in [-0.05, 0) is 44.2 Å². The number of nitrogens with zero attached hydrogens (tertiary/aromatic N) is 1. The predicted octanol–water partition coefficient (Wildman–Crippen LogP) is 2.98. The number of aryl methyl sites for hydroxylation is 3. The molecule has 2 saturated carbocycles. The first-order chi connectivity index (χ1) is 8.16. The standard InChI is InChI=1S/C15H17NO/c1-7-4-8(2)12(9(3)5-7)14-13-10-6-11(10)15(13)17-16-14/h4-5,10-11,13,15H,6H2,1-3H3. The van der Waals surface area contributed by atoms with Crippen molar-refractivity contribution < 1.29 is 4.84 Å². The molecule has 88 valence electrons. The van der Waals surface area contributed by atoms with Crippen LogP contribution < -0.4 is 0 Å². The Morgan fingerprint density at radius 3 is 2.53 bits per heavy atom. The molecule has 1 heterocycles. The lowest BCUT2D eigenvalue weighted by atomic mass is 9.75. The lowest BCUT2D eigenvalue weighted by Gasteiger charge is -2.28. The van der Waals surface area contributed by atoms with Gasteiger partial charge < -0.3 is 4.84 Å². The summed E-state index contributed by atoms with van der Waals surface area (Å²) in [5, 5.41) is 4.38. The maximum Gasteiger partial charge on any atom is 0.139 e. The van der Waals surface area contributed by atoms with Crippen LogP contribution in [0.2, 0.25) is 0 Å². The van der Waals surface area contributed by atoms with Gasteiger partial charge in [0.15, 0.2) is 0 Å². The molecule has 0 spiro atoms. The summed E-state index contributed by atoms with van der Waals surface area (Å²) < 4.78 is 0. The topological polar surface area (TPSA) is 21.6 Å². The molecular weight excluding hydrogens is 210 g/mol. The lowest BCUT2D eigenvalue weighted by molar-refractivity contribution is -0.00148. The van der Waals surface area contributed by atoms with E-state index in [4.69, 9.17) is 4.84 Å². The highest BCUT2D eigenvalue weighted by molar-refractivity contribution is 6.06. The smallest absolute Gasteiger partial charge is 0.139 e. The van der Waals surface area contributed by atoms with Gasteiger partial charge in [0.05, 0.1) is 5.71 Å². The maximum absolute atomic E-state index is 5.60. The zero-order valence-corrected chi connectivity index (χ0v) is 10.5. The maximum atomic E-state index is 5.60. The van der Waals surface area contributed by atoms with Crippen LogP contribution in [0.25, 0.3) is 0 Å². The van der Waals surface area contributed by atoms with Gasteiger partial charge in [-0.25, -0.2) is 0 Å². The van der Waals surface area contributed by atoms with Gasteiger partial charge >= 0.3 is 0 Å². The van der Waals surface area contributed by atoms with Crippen molar-refractivity contribution in [1.82, 2.24) is 0 Å². The van der Waals surface area contributed by atoms with Gasteiger partial charge in [0.25, 0.3) is 0 Å². The Kier molecular flexibility index (Phi) is 1.67. The third-order valence-electron chi connectivity index (χ3n) is 4.65. The molecule has 2 nitrogen and oxygen atoms in total. The summed E-state index contributed by atoms with van der Waals surface area (Å²) in [7, 11) is 0. The molecule has 1 aromatic rings. The minimum absolute atomic E-state index is 0.412. The van der Waals surface area contributed by atoms with Crippen LogP contribution in [-0.2, 0) is 4.84 Å². The number of hydrogen-bond acceptors (Lipinski definition) is 2. The van der Waals surface area contributed by atoms with E-state index in [9.17, 15) is 0 Å². The predicted molar refractivity (Wildman–Crippen MR) is 67.2 cm³/mol. The van der Waals surface area contributed by atoms with Crippen LogP contribution in [0.3, 0.4) is 0 Å². The Morgan fingerprint density at radius 1 is 1.12 bits per heavy atom. The summed E-state index contributed by atoms with van der Waals surface area (Å²) in [4.78, 5) is 5.60. The number of benzene rings is 1. The molecule has 17 heavy (non-hydrogen) atoms. The SMILES string of the molecule is Cc1cc(C)c(C2=NOC3C4CC4C23)c(C)c1. The average Bonchev–Trinajstić information content (AvgIpc) is 2.80. The number of hydrogen-bond donors (Lipinski definition) is 0. The second-order valence-electron chi connectivity index (χ2n) is 5.91. The van der Waals surface area contributed by atoms with Crippen LogP contribution in [0.1, 0.15) is 28.7 Å². The average molecular weight is 227 g/mol. The van der Waals surface area contributed by atoms with Crippen molar-refractivity contribution in [1.29, 1.82) is 0 Å². The first-order valence-corrected chi connectivity index (χ1v) is 6.49. The van der Waals surface area contributed by atoms with Gasteiger partial charge in [-0.3, -0.25) is 0 Å². The molecule has 2 heteroatoms. The minimum Gasteiger partial charge on any atom is -0.391 e. The molecule has 1 aromatic carbocycles. The number of rotatable bonds is 1. The van der Waals surface area contributed by atoms with E-state index in [1.54, 1.807) is 0 Å². The second-order valence-corrected chi connectivity index (χ2v) is 5.91. The van der Waals surface area contributed by atoms with Crippen molar-refractivity contribution >= 4 is 5.71 Å². The first kappa shape index (κ1) is 9.69. The summed E-state index contributed by atoms with van der Waals surface area (Å²) in [5.74, 6) is 2.30. The summed E-state index contributed by atoms with van der Waals surface area (Å²) in [6, 6.07) is 4.50. The summed E-state index contributed by atoms with van der Waals surface area (Å²) in [6.07, 6.45) is 1.77. The summed E-state index contributed by atoms with van der Waals surface area (Å²) >= 11 is 0. The lowest BCUT2D eigenvalue weighted by Crippen LogP contribution is -2.37. The van der Waals surface area contributed by atoms with Crippen molar-refractivity contribution in [2.75, 3.05) is 0 Å². The Bertz CT molecular complexity index is 523. The highest BCUT2D eigenvalue weighted by Gasteiger charge is 2.67. The van der Waals surface area contributed by atoms with Gasteiger partial charge in [0, 0.05) is 17.4 Å². The van der Waals surface area contributed by atoms with E-state index >= 15 is 0 Å². The molecule has 3 aliphatic rings. The van der Waals surface area contributed by atoms with Crippen LogP contribution in [0.5, 0.6) is 0 Å². The van der Waals surface area contributed by atoms with Crippen molar-refractivity contribution in [2.24, 2.45) is 22.9 Å². The van der Waals surface area contributed by atoms with Crippen LogP contribution >= 0.6 is 0 Å². The van der Waals surface area contributed by atoms with E-state index in [1.165, 1.54) is 34.4 Å². The van der Waals surface area contributed by atoms with E-state index in [-0.39, 0.29) is 0 Å². The van der Waals surface area contributed by atoms with E-state index in [0.29, 0.717) is 12.0 Å². The third kappa shape index (κ3) is 1.13. The largest absolute Gasteiger partial charge is 0.391 e. The zero-order valence-electron chi connectivity index (χ0n) is 10.5. The fraction of sp³-hybridized carbons (Fsp3) is 0.533. The van der Waals surface area contributed by atoms with Crippen LogP contribution in [-0.4, -0.2) is 11.8 Å². The van der Waals surface area contributed by atoms with Gasteiger partial charge in [0.2, 0.25) is 0 Å². The Labute approximate surface area is 102 Å². The van der Waals surface area contributed by atoms with Crippen LogP contribution in [0.4, 0.5) is 0 Å². The molecule has 0 radical (unpaired) electrons. The monoisotopic (exact) mass is 227 g/mol. The molecule has 0 amide bonds. The molecule has 4 unspecified atom stereocenters. The molecule has 1 aliphatic heterocycles. The van der Waals surface area contributed by atoms with Gasteiger partial charge in [-0.15, -0.1) is 0 Å². The zero-order chi connectivity index (χ0) is 11.7. The molecule has 0 N–H and O–H groups in total. The van der Waals surface area contributed by atoms with E-state index in [2.05, 4.69) is 38.1 Å². The number of fused-ring (bicyclic) bond motifs is 4. The van der Waals surface area contributed by atoms with Crippen molar-refractivity contribution in [2.45, 2.75) is 33.3 Å². The Hall–Kier alpha value is -1.31. The van der Waals surface area contributed by atoms with E-state index in [1.807, 2.05) is 0 Å². The van der Waals surface area contributed by atoms with Crippen molar-refractivity contribution in [3.05, 3.63) is 34.4 Å². The summed E-state index contributed by atoms with van der Waals surface area (Å²) in [5.41, 5.74) is 6.58. The Morgan fingerprint density at radius 2 is 1.82 bits per heavy atom. The molecule has 2 aliphatic carbocycles. The third-order valence-corrected chi connectivity index (χ3v) is 4.65. The second kappa shape index (κ2) is 2.92. The van der Waals surface area contributed by atoms with Gasteiger partial charge in [-0.1, -0.05) is 22.9 Å². The van der Waals surface area contributed by atoms with Crippen molar-refractivity contribution in [3.63, 3.8) is 0 Å². The normalized spacial score (nSPS) is 36.5. The minimum atomic E-state index is 0.412. The Balaban J connectivity index is 1.80. The fourth-order valence-corrected chi connectivity index (χ4v) is 3.87. The van der Waals surface area contributed by atoms with Gasteiger partial charge in [-0.2, -0.15) is 0 Å². The summed E-state index contributed by atoms with van der Waals surface area (Å²) in [6.45, 7) is 6.53. The quantitative estimate of drug-likeness (QED) is 0.722. The highest BCUT2D eigenvalue weighted by atomic mass is 16.6. The van der Waals surface area contributed by atoms with Crippen molar-refractivity contribution in [3.8, 4) is 0 Å². The van der Waals surface area contributed by atoms with E-state index in [0.717, 1.165) is 11.8 Å². The number of oxime groups is 1. The molecule has 0 saturated heterocycles. The molecule has 0 aromatic heterocycles. The first-order valence-electron chi connectivity index (χ1n) is 6.49. The molecular formula is C15H17NO. The molecule has 0 bridgehead atoms. The van der Waals surface area contributed by atoms with E-state index < -0.39 is 0 Å². The molecule has 4 atom stereocenters. The van der Waals surface area contributed by atoms with Gasteiger partial charge in [0.1, 0.15) is 6.10 Å². The molecule has 4 rings (SSSR count). The fourth-order valence-electron chi connectivity index (χ4n) is 3.87. The highest BCUT2D eigenvalue weighted by Crippen LogP contribution is 2.64.